The van der Waals surface area contributed by atoms with Crippen LogP contribution in [0.5, 0.6) is 0 Å². The van der Waals surface area contributed by atoms with Gasteiger partial charge in [-0.05, 0) is 35.2 Å². The highest BCUT2D eigenvalue weighted by Gasteiger charge is 2.30. The first kappa shape index (κ1) is 14.5. The van der Waals surface area contributed by atoms with Crippen molar-refractivity contribution in [3.63, 3.8) is 0 Å². The van der Waals surface area contributed by atoms with E-state index in [1.54, 1.807) is 11.3 Å². The summed E-state index contributed by atoms with van der Waals surface area (Å²) in [7, 11) is 1.92. The molecule has 1 aliphatic rings. The summed E-state index contributed by atoms with van der Waals surface area (Å²) in [6, 6.07) is 8.49. The molecule has 3 heterocycles. The van der Waals surface area contributed by atoms with Gasteiger partial charge in [0.2, 0.25) is 5.91 Å². The summed E-state index contributed by atoms with van der Waals surface area (Å²) in [5.74, 6) is 0.222. The fourth-order valence-corrected chi connectivity index (χ4v) is 4.42. The van der Waals surface area contributed by atoms with E-state index < -0.39 is 0 Å². The third-order valence-electron chi connectivity index (χ3n) is 4.59. The Balaban J connectivity index is 1.56. The van der Waals surface area contributed by atoms with Crippen molar-refractivity contribution in [2.45, 2.75) is 25.3 Å². The summed E-state index contributed by atoms with van der Waals surface area (Å²) in [6.45, 7) is 0.848. The number of fused-ring (bicyclic) bond motifs is 1. The van der Waals surface area contributed by atoms with Gasteiger partial charge in [-0.2, -0.15) is 5.10 Å². The van der Waals surface area contributed by atoms with E-state index in [1.807, 2.05) is 41.2 Å². The number of aromatic nitrogens is 2. The van der Waals surface area contributed by atoms with Gasteiger partial charge in [0.25, 0.3) is 0 Å². The average Bonchev–Trinajstić information content (AvgIpc) is 3.26. The lowest BCUT2D eigenvalue weighted by Gasteiger charge is -2.24. The Morgan fingerprint density at radius 1 is 1.39 bits per heavy atom. The van der Waals surface area contributed by atoms with Gasteiger partial charge < -0.3 is 4.90 Å². The van der Waals surface area contributed by atoms with Crippen molar-refractivity contribution in [2.75, 3.05) is 6.54 Å². The van der Waals surface area contributed by atoms with Crippen molar-refractivity contribution in [1.29, 1.82) is 0 Å². The lowest BCUT2D eigenvalue weighted by atomic mass is 10.1. The van der Waals surface area contributed by atoms with Gasteiger partial charge in [-0.3, -0.25) is 9.48 Å². The van der Waals surface area contributed by atoms with Gasteiger partial charge >= 0.3 is 0 Å². The van der Waals surface area contributed by atoms with E-state index in [0.29, 0.717) is 6.42 Å². The fourth-order valence-electron chi connectivity index (χ4n) is 3.46. The molecule has 23 heavy (non-hydrogen) atoms. The molecule has 1 aromatic carbocycles. The maximum Gasteiger partial charge on any atom is 0.227 e. The van der Waals surface area contributed by atoms with Gasteiger partial charge in [0.1, 0.15) is 0 Å². The standard InChI is InChI=1S/C18H19N3OS/c1-20-11-14(10-19-20)16-6-4-8-21(16)18(22)9-13-12-23-17-7-3-2-5-15(13)17/h2-3,5,7,10-12,16H,4,6,8-9H2,1H3. The first-order chi connectivity index (χ1) is 11.2. The Bertz CT molecular complexity index is 851. The van der Waals surface area contributed by atoms with E-state index in [9.17, 15) is 4.79 Å². The Labute approximate surface area is 139 Å². The summed E-state index contributed by atoms with van der Waals surface area (Å²) < 4.78 is 3.06. The lowest BCUT2D eigenvalue weighted by molar-refractivity contribution is -0.131. The number of carbonyl (C=O) groups excluding carboxylic acids is 1. The zero-order valence-corrected chi connectivity index (χ0v) is 13.9. The number of likely N-dealkylation sites (tertiary alicyclic amines) is 1. The van der Waals surface area contributed by atoms with Crippen LogP contribution in [0.2, 0.25) is 0 Å². The van der Waals surface area contributed by atoms with Gasteiger partial charge in [-0.1, -0.05) is 18.2 Å². The van der Waals surface area contributed by atoms with Crippen LogP contribution in [0.3, 0.4) is 0 Å². The van der Waals surface area contributed by atoms with Crippen molar-refractivity contribution in [2.24, 2.45) is 7.05 Å². The van der Waals surface area contributed by atoms with Crippen LogP contribution in [0.4, 0.5) is 0 Å². The Morgan fingerprint density at radius 2 is 2.26 bits per heavy atom. The fraction of sp³-hybridized carbons (Fsp3) is 0.333. The second-order valence-corrected chi connectivity index (χ2v) is 7.04. The van der Waals surface area contributed by atoms with E-state index in [-0.39, 0.29) is 11.9 Å². The molecule has 4 rings (SSSR count). The predicted octanol–water partition coefficient (Wildman–Crippen LogP) is 3.54. The van der Waals surface area contributed by atoms with E-state index in [0.717, 1.165) is 30.5 Å². The van der Waals surface area contributed by atoms with Gasteiger partial charge in [-0.15, -0.1) is 11.3 Å². The molecule has 0 N–H and O–H groups in total. The van der Waals surface area contributed by atoms with Crippen molar-refractivity contribution < 1.29 is 4.79 Å². The summed E-state index contributed by atoms with van der Waals surface area (Å²) >= 11 is 1.71. The molecule has 0 aliphatic carbocycles. The molecule has 0 spiro atoms. The van der Waals surface area contributed by atoms with Crippen LogP contribution >= 0.6 is 11.3 Å². The number of carbonyl (C=O) groups is 1. The number of amides is 1. The average molecular weight is 325 g/mol. The van der Waals surface area contributed by atoms with E-state index in [4.69, 9.17) is 0 Å². The number of thiophene rings is 1. The third-order valence-corrected chi connectivity index (χ3v) is 5.60. The van der Waals surface area contributed by atoms with Crippen LogP contribution in [0.15, 0.2) is 42.0 Å². The SMILES string of the molecule is Cn1cc(C2CCCN2C(=O)Cc2csc3ccccc23)cn1. The van der Waals surface area contributed by atoms with Crippen molar-refractivity contribution in [3.05, 3.63) is 53.2 Å². The van der Waals surface area contributed by atoms with Crippen LogP contribution in [0.25, 0.3) is 10.1 Å². The Kier molecular flexibility index (Phi) is 3.65. The van der Waals surface area contributed by atoms with Crippen LogP contribution in [0.1, 0.15) is 30.0 Å². The summed E-state index contributed by atoms with van der Waals surface area (Å²) in [4.78, 5) is 14.9. The van der Waals surface area contributed by atoms with Crippen molar-refractivity contribution >= 4 is 27.3 Å². The van der Waals surface area contributed by atoms with Crippen LogP contribution in [0, 0.1) is 0 Å². The molecule has 1 atom stereocenters. The first-order valence-corrected chi connectivity index (χ1v) is 8.83. The molecule has 1 saturated heterocycles. The van der Waals surface area contributed by atoms with Crippen molar-refractivity contribution in [3.8, 4) is 0 Å². The second-order valence-electron chi connectivity index (χ2n) is 6.13. The highest BCUT2D eigenvalue weighted by atomic mass is 32.1. The molecule has 0 bridgehead atoms. The van der Waals surface area contributed by atoms with E-state index in [2.05, 4.69) is 22.6 Å². The Hall–Kier alpha value is -2.14. The minimum absolute atomic E-state index is 0.182. The molecule has 4 nitrogen and oxygen atoms in total. The molecule has 1 unspecified atom stereocenters. The molecule has 3 aromatic rings. The first-order valence-electron chi connectivity index (χ1n) is 7.95. The molecule has 0 saturated carbocycles. The van der Waals surface area contributed by atoms with E-state index in [1.165, 1.54) is 10.1 Å². The minimum atomic E-state index is 0.182. The summed E-state index contributed by atoms with van der Waals surface area (Å²) in [6.07, 6.45) is 6.49. The highest BCUT2D eigenvalue weighted by molar-refractivity contribution is 7.17. The number of aryl methyl sites for hydroxylation is 1. The van der Waals surface area contributed by atoms with Crippen LogP contribution in [-0.2, 0) is 18.3 Å². The van der Waals surface area contributed by atoms with Crippen molar-refractivity contribution in [1.82, 2.24) is 14.7 Å². The summed E-state index contributed by atoms with van der Waals surface area (Å²) in [5, 5.41) is 7.59. The molecule has 1 amide bonds. The normalized spacial score (nSPS) is 18.0. The zero-order chi connectivity index (χ0) is 15.8. The second kappa shape index (κ2) is 5.81. The molecular formula is C18H19N3OS. The maximum absolute atomic E-state index is 12.9. The predicted molar refractivity (Wildman–Crippen MR) is 92.4 cm³/mol. The number of rotatable bonds is 3. The summed E-state index contributed by atoms with van der Waals surface area (Å²) in [5.41, 5.74) is 2.29. The topological polar surface area (TPSA) is 38.1 Å². The third kappa shape index (κ3) is 2.65. The smallest absolute Gasteiger partial charge is 0.227 e. The molecular weight excluding hydrogens is 306 g/mol. The largest absolute Gasteiger partial charge is 0.335 e. The number of nitrogens with zero attached hydrogens (tertiary/aromatic N) is 3. The lowest BCUT2D eigenvalue weighted by Crippen LogP contribution is -2.31. The quantitative estimate of drug-likeness (QED) is 0.739. The number of hydrogen-bond acceptors (Lipinski definition) is 3. The monoisotopic (exact) mass is 325 g/mol. The zero-order valence-electron chi connectivity index (χ0n) is 13.1. The molecule has 1 fully saturated rings. The van der Waals surface area contributed by atoms with Gasteiger partial charge in [0, 0.05) is 30.1 Å². The maximum atomic E-state index is 12.9. The number of benzene rings is 1. The molecule has 5 heteroatoms. The molecule has 2 aromatic heterocycles. The van der Waals surface area contributed by atoms with Gasteiger partial charge in [-0.25, -0.2) is 0 Å². The molecule has 118 valence electrons. The van der Waals surface area contributed by atoms with Gasteiger partial charge in [0.05, 0.1) is 18.7 Å². The molecule has 0 radical (unpaired) electrons. The van der Waals surface area contributed by atoms with Crippen LogP contribution < -0.4 is 0 Å². The number of hydrogen-bond donors (Lipinski definition) is 0. The minimum Gasteiger partial charge on any atom is -0.335 e. The molecule has 1 aliphatic heterocycles. The van der Waals surface area contributed by atoms with Crippen LogP contribution in [-0.4, -0.2) is 27.1 Å². The Morgan fingerprint density at radius 3 is 3.09 bits per heavy atom. The van der Waals surface area contributed by atoms with E-state index >= 15 is 0 Å². The van der Waals surface area contributed by atoms with Gasteiger partial charge in [0.15, 0.2) is 0 Å². The highest BCUT2D eigenvalue weighted by Crippen LogP contribution is 2.33.